The molecule has 0 aromatic carbocycles. The van der Waals surface area contributed by atoms with Crippen molar-refractivity contribution in [2.75, 3.05) is 7.11 Å². The minimum absolute atomic E-state index is 0. The maximum absolute atomic E-state index is 10.5. The van der Waals surface area contributed by atoms with Crippen LogP contribution in [-0.4, -0.2) is 19.1 Å². The van der Waals surface area contributed by atoms with E-state index in [0.717, 1.165) is 6.42 Å². The maximum Gasteiger partial charge on any atom is 0.305 e. The van der Waals surface area contributed by atoms with Crippen molar-refractivity contribution >= 4 is 18.4 Å². The Bertz CT molecular complexity index is 129. The number of hydrogen-bond donors (Lipinski definition) is 1. The topological polar surface area (TPSA) is 52.3 Å². The third-order valence-corrected chi connectivity index (χ3v) is 1.63. The lowest BCUT2D eigenvalue weighted by Gasteiger charge is -1.94. The van der Waals surface area contributed by atoms with E-state index in [2.05, 4.69) is 4.74 Å². The van der Waals surface area contributed by atoms with Gasteiger partial charge in [-0.05, 0) is 12.3 Å². The summed E-state index contributed by atoms with van der Waals surface area (Å²) in [6.07, 6.45) is 1.48. The lowest BCUT2D eigenvalue weighted by atomic mass is 10.3. The van der Waals surface area contributed by atoms with Crippen molar-refractivity contribution in [3.8, 4) is 0 Å². The highest BCUT2D eigenvalue weighted by Gasteiger charge is 2.35. The third-order valence-electron chi connectivity index (χ3n) is 1.63. The molecule has 60 valence electrons. The van der Waals surface area contributed by atoms with Crippen LogP contribution >= 0.6 is 12.4 Å². The van der Waals surface area contributed by atoms with E-state index in [-0.39, 0.29) is 24.4 Å². The second kappa shape index (κ2) is 3.78. The minimum Gasteiger partial charge on any atom is -0.469 e. The van der Waals surface area contributed by atoms with Crippen LogP contribution in [0.15, 0.2) is 0 Å². The van der Waals surface area contributed by atoms with E-state index in [4.69, 9.17) is 5.73 Å². The Morgan fingerprint density at radius 1 is 1.80 bits per heavy atom. The van der Waals surface area contributed by atoms with E-state index >= 15 is 0 Å². The normalized spacial score (nSPS) is 28.6. The Kier molecular flexibility index (Phi) is 3.68. The van der Waals surface area contributed by atoms with Gasteiger partial charge in [0.1, 0.15) is 0 Å². The SMILES string of the molecule is COC(=O)C[C@H]1C[C@H]1N.Cl. The molecule has 1 aliphatic carbocycles. The number of carbonyl (C=O) groups is 1. The summed E-state index contributed by atoms with van der Waals surface area (Å²) < 4.78 is 4.45. The summed E-state index contributed by atoms with van der Waals surface area (Å²) in [4.78, 5) is 10.5. The summed E-state index contributed by atoms with van der Waals surface area (Å²) in [7, 11) is 1.40. The third kappa shape index (κ3) is 2.54. The van der Waals surface area contributed by atoms with Crippen LogP contribution in [0.2, 0.25) is 0 Å². The Morgan fingerprint density at radius 3 is 2.60 bits per heavy atom. The van der Waals surface area contributed by atoms with Crippen LogP contribution in [0.5, 0.6) is 0 Å². The van der Waals surface area contributed by atoms with Crippen LogP contribution in [0.4, 0.5) is 0 Å². The van der Waals surface area contributed by atoms with Gasteiger partial charge in [0.05, 0.1) is 7.11 Å². The summed E-state index contributed by atoms with van der Waals surface area (Å²) in [5.41, 5.74) is 5.46. The zero-order chi connectivity index (χ0) is 6.85. The molecule has 4 heteroatoms. The van der Waals surface area contributed by atoms with Crippen molar-refractivity contribution in [3.05, 3.63) is 0 Å². The molecule has 0 radical (unpaired) electrons. The van der Waals surface area contributed by atoms with Gasteiger partial charge >= 0.3 is 5.97 Å². The largest absolute Gasteiger partial charge is 0.469 e. The van der Waals surface area contributed by atoms with Gasteiger partial charge in [0, 0.05) is 12.5 Å². The van der Waals surface area contributed by atoms with Gasteiger partial charge in [0.15, 0.2) is 0 Å². The maximum atomic E-state index is 10.5. The molecule has 3 nitrogen and oxygen atoms in total. The number of methoxy groups -OCH3 is 1. The average molecular weight is 166 g/mol. The standard InChI is InChI=1S/C6H11NO2.ClH/c1-9-6(8)3-4-2-5(4)7;/h4-5H,2-3,7H2,1H3;1H/t4-,5-;/m1./s1. The molecule has 0 unspecified atom stereocenters. The van der Waals surface area contributed by atoms with Crippen molar-refractivity contribution in [1.29, 1.82) is 0 Å². The molecule has 1 fully saturated rings. The highest BCUT2D eigenvalue weighted by molar-refractivity contribution is 5.85. The summed E-state index contributed by atoms with van der Waals surface area (Å²) in [5, 5.41) is 0. The van der Waals surface area contributed by atoms with E-state index in [0.29, 0.717) is 12.3 Å². The van der Waals surface area contributed by atoms with E-state index < -0.39 is 0 Å². The first kappa shape index (κ1) is 9.72. The average Bonchev–Trinajstić information content (AvgIpc) is 2.47. The molecule has 1 saturated carbocycles. The van der Waals surface area contributed by atoms with E-state index in [1.54, 1.807) is 0 Å². The van der Waals surface area contributed by atoms with Crippen molar-refractivity contribution < 1.29 is 9.53 Å². The van der Waals surface area contributed by atoms with Crippen LogP contribution < -0.4 is 5.73 Å². The van der Waals surface area contributed by atoms with Gasteiger partial charge < -0.3 is 10.5 Å². The quantitative estimate of drug-likeness (QED) is 0.600. The Hall–Kier alpha value is -0.280. The first-order valence-electron chi connectivity index (χ1n) is 3.06. The molecule has 0 spiro atoms. The monoisotopic (exact) mass is 165 g/mol. The van der Waals surface area contributed by atoms with Crippen molar-refractivity contribution in [2.45, 2.75) is 18.9 Å². The summed E-state index contributed by atoms with van der Waals surface area (Å²) >= 11 is 0. The van der Waals surface area contributed by atoms with Crippen molar-refractivity contribution in [2.24, 2.45) is 11.7 Å². The lowest BCUT2D eigenvalue weighted by Crippen LogP contribution is -2.07. The van der Waals surface area contributed by atoms with Gasteiger partial charge in [-0.2, -0.15) is 0 Å². The highest BCUT2D eigenvalue weighted by atomic mass is 35.5. The van der Waals surface area contributed by atoms with Gasteiger partial charge in [0.25, 0.3) is 0 Å². The Labute approximate surface area is 66.3 Å². The number of halogens is 1. The lowest BCUT2D eigenvalue weighted by molar-refractivity contribution is -0.141. The summed E-state index contributed by atoms with van der Waals surface area (Å²) in [6, 6.07) is 0.254. The molecule has 1 aliphatic rings. The van der Waals surface area contributed by atoms with Gasteiger partial charge in [-0.15, -0.1) is 12.4 Å². The predicted molar refractivity (Wildman–Crippen MR) is 40.0 cm³/mol. The van der Waals surface area contributed by atoms with E-state index in [1.807, 2.05) is 0 Å². The summed E-state index contributed by atoms with van der Waals surface area (Å²) in [5.74, 6) is 0.255. The van der Waals surface area contributed by atoms with Gasteiger partial charge in [-0.1, -0.05) is 0 Å². The van der Waals surface area contributed by atoms with Crippen LogP contribution in [-0.2, 0) is 9.53 Å². The molecule has 0 bridgehead atoms. The fourth-order valence-electron chi connectivity index (χ4n) is 0.803. The molecule has 0 aromatic rings. The van der Waals surface area contributed by atoms with Gasteiger partial charge in [-0.25, -0.2) is 0 Å². The first-order valence-corrected chi connectivity index (χ1v) is 3.06. The summed E-state index contributed by atoms with van der Waals surface area (Å²) in [6.45, 7) is 0. The number of rotatable bonds is 2. The van der Waals surface area contributed by atoms with Gasteiger partial charge in [-0.3, -0.25) is 4.79 Å². The van der Waals surface area contributed by atoms with Crippen molar-refractivity contribution in [1.82, 2.24) is 0 Å². The number of carbonyl (C=O) groups excluding carboxylic acids is 1. The fraction of sp³-hybridized carbons (Fsp3) is 0.833. The van der Waals surface area contributed by atoms with Crippen LogP contribution in [0.25, 0.3) is 0 Å². The molecule has 2 N–H and O–H groups in total. The van der Waals surface area contributed by atoms with Gasteiger partial charge in [0.2, 0.25) is 0 Å². The molecule has 0 saturated heterocycles. The molecule has 1 rings (SSSR count). The molecule has 10 heavy (non-hydrogen) atoms. The number of hydrogen-bond acceptors (Lipinski definition) is 3. The molecular formula is C6H12ClNO2. The highest BCUT2D eigenvalue weighted by Crippen LogP contribution is 2.31. The Morgan fingerprint density at radius 2 is 2.30 bits per heavy atom. The first-order chi connectivity index (χ1) is 4.24. The van der Waals surface area contributed by atoms with E-state index in [1.165, 1.54) is 7.11 Å². The second-order valence-corrected chi connectivity index (χ2v) is 2.44. The molecule has 0 heterocycles. The molecule has 0 aliphatic heterocycles. The zero-order valence-corrected chi connectivity index (χ0v) is 6.69. The Balaban J connectivity index is 0.000000810. The number of esters is 1. The number of ether oxygens (including phenoxy) is 1. The fourth-order valence-corrected chi connectivity index (χ4v) is 0.803. The second-order valence-electron chi connectivity index (χ2n) is 2.44. The zero-order valence-electron chi connectivity index (χ0n) is 5.87. The minimum atomic E-state index is -0.145. The van der Waals surface area contributed by atoms with E-state index in [9.17, 15) is 4.79 Å². The molecule has 2 atom stereocenters. The molecular weight excluding hydrogens is 154 g/mol. The van der Waals surface area contributed by atoms with Crippen LogP contribution in [0.3, 0.4) is 0 Å². The smallest absolute Gasteiger partial charge is 0.305 e. The predicted octanol–water partition coefficient (Wildman–Crippen LogP) is 0.318. The van der Waals surface area contributed by atoms with Crippen molar-refractivity contribution in [3.63, 3.8) is 0 Å². The molecule has 0 aromatic heterocycles. The van der Waals surface area contributed by atoms with Crippen LogP contribution in [0, 0.1) is 5.92 Å². The molecule has 0 amide bonds. The van der Waals surface area contributed by atoms with Crippen LogP contribution in [0.1, 0.15) is 12.8 Å². The number of nitrogens with two attached hydrogens (primary N) is 1.